The number of nitrogens with one attached hydrogen (secondary N) is 1. The number of carbonyl (C=O) groups excluding carboxylic acids is 3. The third-order valence-electron chi connectivity index (χ3n) is 5.00. The second-order valence-electron chi connectivity index (χ2n) is 6.78. The van der Waals surface area contributed by atoms with E-state index in [1.165, 1.54) is 5.01 Å². The Morgan fingerprint density at radius 1 is 1.14 bits per heavy atom. The van der Waals surface area contributed by atoms with Crippen molar-refractivity contribution in [3.8, 4) is 5.75 Å². The van der Waals surface area contributed by atoms with Crippen LogP contribution in [0, 0.1) is 0 Å². The third kappa shape index (κ3) is 3.69. The lowest BCUT2D eigenvalue weighted by atomic mass is 9.98. The summed E-state index contributed by atoms with van der Waals surface area (Å²) in [6.45, 7) is -0.435. The highest BCUT2D eigenvalue weighted by molar-refractivity contribution is 6.06. The summed E-state index contributed by atoms with van der Waals surface area (Å²) in [6, 6.07) is 16.2. The number of ether oxygens (including phenoxy) is 1. The number of methoxy groups -OCH3 is 1. The minimum Gasteiger partial charge on any atom is -0.497 e. The standard InChI is InChI=1S/C21H20N4O4/c1-29-16-9-7-15(8-10-16)18-11-17(14-5-3-2-4-6-14)23-25(18)20(27)13-24-19(26)12-22-21(24)28/h2-10,18H,11-13H2,1H3,(H,22,28)/t18-/m1/s1. The maximum atomic E-state index is 13.0. The van der Waals surface area contributed by atoms with Crippen molar-refractivity contribution in [3.63, 3.8) is 0 Å². The Morgan fingerprint density at radius 2 is 1.86 bits per heavy atom. The molecule has 0 unspecified atom stereocenters. The van der Waals surface area contributed by atoms with E-state index in [-0.39, 0.29) is 19.1 Å². The zero-order valence-corrected chi connectivity index (χ0v) is 15.9. The second-order valence-corrected chi connectivity index (χ2v) is 6.78. The summed E-state index contributed by atoms with van der Waals surface area (Å²) in [7, 11) is 1.59. The van der Waals surface area contributed by atoms with Gasteiger partial charge in [-0.1, -0.05) is 42.5 Å². The molecule has 2 aromatic carbocycles. The minimum atomic E-state index is -0.559. The van der Waals surface area contributed by atoms with E-state index in [0.29, 0.717) is 12.2 Å². The maximum Gasteiger partial charge on any atom is 0.325 e. The van der Waals surface area contributed by atoms with Crippen LogP contribution in [0.15, 0.2) is 59.7 Å². The lowest BCUT2D eigenvalue weighted by molar-refractivity contribution is -0.137. The molecule has 1 N–H and O–H groups in total. The highest BCUT2D eigenvalue weighted by Gasteiger charge is 2.37. The Morgan fingerprint density at radius 3 is 2.48 bits per heavy atom. The van der Waals surface area contributed by atoms with Crippen LogP contribution < -0.4 is 10.1 Å². The Hall–Kier alpha value is -3.68. The van der Waals surface area contributed by atoms with Gasteiger partial charge in [0.25, 0.3) is 11.8 Å². The Bertz CT molecular complexity index is 956. The number of rotatable bonds is 5. The summed E-state index contributed by atoms with van der Waals surface area (Å²) < 4.78 is 5.21. The largest absolute Gasteiger partial charge is 0.497 e. The minimum absolute atomic E-state index is 0.0907. The van der Waals surface area contributed by atoms with Crippen molar-refractivity contribution in [2.45, 2.75) is 12.5 Å². The molecule has 0 aliphatic carbocycles. The molecule has 1 atom stereocenters. The Labute approximate surface area is 167 Å². The molecular weight excluding hydrogens is 372 g/mol. The maximum absolute atomic E-state index is 13.0. The van der Waals surface area contributed by atoms with Gasteiger partial charge in [-0.3, -0.25) is 14.5 Å². The van der Waals surface area contributed by atoms with Crippen LogP contribution in [0.1, 0.15) is 23.6 Å². The molecule has 0 spiro atoms. The number of imide groups is 1. The molecule has 0 aromatic heterocycles. The first-order chi connectivity index (χ1) is 14.1. The predicted molar refractivity (Wildman–Crippen MR) is 105 cm³/mol. The quantitative estimate of drug-likeness (QED) is 0.787. The highest BCUT2D eigenvalue weighted by Crippen LogP contribution is 2.33. The van der Waals surface area contributed by atoms with Gasteiger partial charge in [0, 0.05) is 6.42 Å². The zero-order chi connectivity index (χ0) is 20.4. The van der Waals surface area contributed by atoms with E-state index in [2.05, 4.69) is 10.4 Å². The van der Waals surface area contributed by atoms with Crippen molar-refractivity contribution in [1.82, 2.24) is 15.2 Å². The van der Waals surface area contributed by atoms with Crippen LogP contribution in [0.2, 0.25) is 0 Å². The van der Waals surface area contributed by atoms with E-state index in [1.54, 1.807) is 7.11 Å². The van der Waals surface area contributed by atoms with Gasteiger partial charge in [-0.2, -0.15) is 5.10 Å². The summed E-state index contributed by atoms with van der Waals surface area (Å²) in [5, 5.41) is 8.35. The first-order valence-electron chi connectivity index (χ1n) is 9.24. The highest BCUT2D eigenvalue weighted by atomic mass is 16.5. The average Bonchev–Trinajstić information content (AvgIpc) is 3.34. The number of urea groups is 1. The van der Waals surface area contributed by atoms with Gasteiger partial charge in [-0.25, -0.2) is 9.80 Å². The van der Waals surface area contributed by atoms with Gasteiger partial charge < -0.3 is 10.1 Å². The van der Waals surface area contributed by atoms with Crippen LogP contribution in [-0.4, -0.2) is 53.7 Å². The van der Waals surface area contributed by atoms with Crippen LogP contribution in [0.4, 0.5) is 4.79 Å². The molecule has 4 amide bonds. The van der Waals surface area contributed by atoms with Gasteiger partial charge >= 0.3 is 6.03 Å². The summed E-state index contributed by atoms with van der Waals surface area (Å²) in [5.41, 5.74) is 2.60. The fourth-order valence-corrected chi connectivity index (χ4v) is 3.45. The van der Waals surface area contributed by atoms with E-state index < -0.39 is 17.8 Å². The summed E-state index contributed by atoms with van der Waals surface area (Å²) in [4.78, 5) is 37.6. The third-order valence-corrected chi connectivity index (χ3v) is 5.00. The first kappa shape index (κ1) is 18.7. The monoisotopic (exact) mass is 392 g/mol. The molecule has 2 aromatic rings. The van der Waals surface area contributed by atoms with Crippen molar-refractivity contribution in [3.05, 3.63) is 65.7 Å². The number of hydrogen-bond donors (Lipinski definition) is 1. The molecule has 2 heterocycles. The van der Waals surface area contributed by atoms with Crippen LogP contribution in [0.5, 0.6) is 5.75 Å². The molecule has 0 radical (unpaired) electrons. The first-order valence-corrected chi connectivity index (χ1v) is 9.24. The summed E-state index contributed by atoms with van der Waals surface area (Å²) in [5.74, 6) is -0.119. The summed E-state index contributed by atoms with van der Waals surface area (Å²) >= 11 is 0. The smallest absolute Gasteiger partial charge is 0.325 e. The Kier molecular flexibility index (Phi) is 4.99. The van der Waals surface area contributed by atoms with Crippen LogP contribution in [-0.2, 0) is 9.59 Å². The number of nitrogens with zero attached hydrogens (tertiary/aromatic N) is 3. The van der Waals surface area contributed by atoms with Crippen molar-refractivity contribution in [2.75, 3.05) is 20.2 Å². The van der Waals surface area contributed by atoms with Crippen LogP contribution in [0.3, 0.4) is 0 Å². The number of hydrogen-bond acceptors (Lipinski definition) is 5. The number of hydrazone groups is 1. The van der Waals surface area contributed by atoms with E-state index in [1.807, 2.05) is 54.6 Å². The number of amides is 4. The topological polar surface area (TPSA) is 91.3 Å². The molecule has 1 fully saturated rings. The molecule has 1 saturated heterocycles. The molecule has 2 aliphatic rings. The van der Waals surface area contributed by atoms with E-state index >= 15 is 0 Å². The Balaban J connectivity index is 1.63. The number of carbonyl (C=O) groups is 3. The van der Waals surface area contributed by atoms with Gasteiger partial charge in [0.1, 0.15) is 12.3 Å². The van der Waals surface area contributed by atoms with Crippen molar-refractivity contribution in [2.24, 2.45) is 5.10 Å². The van der Waals surface area contributed by atoms with E-state index in [0.717, 1.165) is 21.7 Å². The van der Waals surface area contributed by atoms with E-state index in [9.17, 15) is 14.4 Å². The van der Waals surface area contributed by atoms with Gasteiger partial charge in [-0.05, 0) is 23.3 Å². The SMILES string of the molecule is COc1ccc([C@H]2CC(c3ccccc3)=NN2C(=O)CN2C(=O)CNC2=O)cc1. The van der Waals surface area contributed by atoms with Crippen LogP contribution in [0.25, 0.3) is 0 Å². The molecule has 148 valence electrons. The fourth-order valence-electron chi connectivity index (χ4n) is 3.45. The van der Waals surface area contributed by atoms with Crippen LogP contribution >= 0.6 is 0 Å². The number of benzene rings is 2. The van der Waals surface area contributed by atoms with Crippen molar-refractivity contribution in [1.29, 1.82) is 0 Å². The molecule has 0 saturated carbocycles. The van der Waals surface area contributed by atoms with Gasteiger partial charge in [0.15, 0.2) is 0 Å². The molecule has 8 heteroatoms. The second kappa shape index (κ2) is 7.75. The zero-order valence-electron chi connectivity index (χ0n) is 15.9. The molecule has 8 nitrogen and oxygen atoms in total. The van der Waals surface area contributed by atoms with E-state index in [4.69, 9.17) is 4.74 Å². The van der Waals surface area contributed by atoms with Crippen molar-refractivity contribution >= 4 is 23.6 Å². The normalized spacial score (nSPS) is 18.7. The summed E-state index contributed by atoms with van der Waals surface area (Å²) in [6.07, 6.45) is 0.530. The molecule has 2 aliphatic heterocycles. The van der Waals surface area contributed by atoms with Gasteiger partial charge in [0.2, 0.25) is 0 Å². The fraction of sp³-hybridized carbons (Fsp3) is 0.238. The molecular formula is C21H20N4O4. The average molecular weight is 392 g/mol. The molecule has 29 heavy (non-hydrogen) atoms. The lowest BCUT2D eigenvalue weighted by Gasteiger charge is -2.23. The van der Waals surface area contributed by atoms with Gasteiger partial charge in [0.05, 0.1) is 25.4 Å². The molecule has 4 rings (SSSR count). The molecule has 0 bridgehead atoms. The van der Waals surface area contributed by atoms with Gasteiger partial charge in [-0.15, -0.1) is 0 Å². The van der Waals surface area contributed by atoms with Crippen molar-refractivity contribution < 1.29 is 19.1 Å². The lowest BCUT2D eigenvalue weighted by Crippen LogP contribution is -2.41. The predicted octanol–water partition coefficient (Wildman–Crippen LogP) is 1.92.